The fourth-order valence-corrected chi connectivity index (χ4v) is 2.80. The maximum Gasteiger partial charge on any atom is 0.408 e. The van der Waals surface area contributed by atoms with E-state index in [2.05, 4.69) is 0 Å². The van der Waals surface area contributed by atoms with Crippen molar-refractivity contribution < 1.29 is 19.4 Å². The van der Waals surface area contributed by atoms with Crippen LogP contribution in [0.1, 0.15) is 24.4 Å². The Morgan fingerprint density at radius 1 is 1.53 bits per heavy atom. The van der Waals surface area contributed by atoms with Gasteiger partial charge < -0.3 is 14.6 Å². The second-order valence-corrected chi connectivity index (χ2v) is 4.77. The summed E-state index contributed by atoms with van der Waals surface area (Å²) < 4.78 is 5.05. The van der Waals surface area contributed by atoms with Crippen molar-refractivity contribution in [3.05, 3.63) is 35.9 Å². The molecule has 1 aliphatic heterocycles. The molecule has 1 aromatic rings. The first kappa shape index (κ1) is 13.5. The summed E-state index contributed by atoms with van der Waals surface area (Å²) in [4.78, 5) is 24.2. The van der Waals surface area contributed by atoms with Gasteiger partial charge in [-0.05, 0) is 18.4 Å². The van der Waals surface area contributed by atoms with Crippen LogP contribution < -0.4 is 0 Å². The van der Waals surface area contributed by atoms with Crippen LogP contribution in [0, 0.1) is 0 Å². The van der Waals surface area contributed by atoms with Crippen LogP contribution in [0.3, 0.4) is 0 Å². The van der Waals surface area contributed by atoms with E-state index in [4.69, 9.17) is 4.74 Å². The molecule has 0 aliphatic carbocycles. The number of hydrogen-bond acceptors (Lipinski definition) is 3. The third-order valence-corrected chi connectivity index (χ3v) is 3.65. The summed E-state index contributed by atoms with van der Waals surface area (Å²) in [5, 5.41) is 9.45. The Kier molecular flexibility index (Phi) is 3.85. The minimum Gasteiger partial charge on any atom is -0.465 e. The first-order valence-corrected chi connectivity index (χ1v) is 6.17. The van der Waals surface area contributed by atoms with Crippen LogP contribution >= 0.6 is 0 Å². The lowest BCUT2D eigenvalue weighted by Crippen LogP contribution is -2.52. The van der Waals surface area contributed by atoms with Crippen LogP contribution in [0.4, 0.5) is 4.79 Å². The van der Waals surface area contributed by atoms with Crippen LogP contribution in [0.25, 0.3) is 0 Å². The van der Waals surface area contributed by atoms with E-state index in [1.807, 2.05) is 30.3 Å². The van der Waals surface area contributed by atoms with Gasteiger partial charge in [0.2, 0.25) is 0 Å². The van der Waals surface area contributed by atoms with E-state index in [-0.39, 0.29) is 12.6 Å². The lowest BCUT2D eigenvalue weighted by Gasteiger charge is -2.34. The number of carboxylic acid groups (broad SMARTS) is 1. The lowest BCUT2D eigenvalue weighted by atomic mass is 10.00. The largest absolute Gasteiger partial charge is 0.465 e. The third-order valence-electron chi connectivity index (χ3n) is 3.65. The Bertz CT molecular complexity index is 462. The molecular weight excluding hydrogens is 246 g/mol. The normalized spacial score (nSPS) is 26.4. The number of nitrogens with zero attached hydrogens (tertiary/aromatic N) is 1. The Hall–Kier alpha value is -1.88. The number of carbonyl (C=O) groups is 2. The molecule has 1 amide bonds. The van der Waals surface area contributed by atoms with Crippen molar-refractivity contribution in [1.82, 2.24) is 4.90 Å². The van der Waals surface area contributed by atoms with E-state index in [1.165, 1.54) is 12.0 Å². The highest BCUT2D eigenvalue weighted by atomic mass is 16.5. The molecule has 0 saturated carbocycles. The highest BCUT2D eigenvalue weighted by Crippen LogP contribution is 2.41. The van der Waals surface area contributed by atoms with Crippen LogP contribution in [0.2, 0.25) is 0 Å². The Balaban J connectivity index is 2.37. The minimum absolute atomic E-state index is 0.0894. The van der Waals surface area contributed by atoms with Gasteiger partial charge in [-0.25, -0.2) is 4.79 Å². The van der Waals surface area contributed by atoms with Gasteiger partial charge in [-0.3, -0.25) is 4.90 Å². The van der Waals surface area contributed by atoms with E-state index in [0.717, 1.165) is 5.56 Å². The molecule has 1 N–H and O–H groups in total. The van der Waals surface area contributed by atoms with Crippen molar-refractivity contribution in [2.75, 3.05) is 13.7 Å². The zero-order valence-electron chi connectivity index (χ0n) is 10.8. The quantitative estimate of drug-likeness (QED) is 0.845. The van der Waals surface area contributed by atoms with Gasteiger partial charge in [0, 0.05) is 7.11 Å². The summed E-state index contributed by atoms with van der Waals surface area (Å²) >= 11 is 0. The third kappa shape index (κ3) is 2.33. The standard InChI is InChI=1S/C14H17NO4/c1-19-10-14(9-16)8-7-12(15(14)13(17)18)11-5-3-2-4-6-11/h2-6,9,12H,7-8,10H2,1H3,(H,17,18)/t12-,14+/m0/s1. The molecule has 19 heavy (non-hydrogen) atoms. The smallest absolute Gasteiger partial charge is 0.408 e. The first-order valence-electron chi connectivity index (χ1n) is 6.17. The molecule has 1 aliphatic rings. The van der Waals surface area contributed by atoms with Crippen molar-refractivity contribution in [2.45, 2.75) is 24.4 Å². The summed E-state index contributed by atoms with van der Waals surface area (Å²) in [5.74, 6) is 0. The molecule has 102 valence electrons. The van der Waals surface area contributed by atoms with Gasteiger partial charge in [-0.15, -0.1) is 0 Å². The molecule has 5 heteroatoms. The monoisotopic (exact) mass is 263 g/mol. The van der Waals surface area contributed by atoms with Crippen LogP contribution in [0.15, 0.2) is 30.3 Å². The Labute approximate surface area is 111 Å². The number of rotatable bonds is 4. The number of likely N-dealkylation sites (tertiary alicyclic amines) is 1. The zero-order chi connectivity index (χ0) is 13.9. The number of ether oxygens (including phenoxy) is 1. The molecule has 1 heterocycles. The first-order chi connectivity index (χ1) is 9.14. The van der Waals surface area contributed by atoms with Crippen LogP contribution in [-0.2, 0) is 9.53 Å². The second-order valence-electron chi connectivity index (χ2n) is 4.77. The van der Waals surface area contributed by atoms with Gasteiger partial charge in [0.15, 0.2) is 0 Å². The molecule has 0 spiro atoms. The molecule has 1 fully saturated rings. The molecule has 2 rings (SSSR count). The topological polar surface area (TPSA) is 66.8 Å². The molecule has 0 aromatic heterocycles. The van der Waals surface area contributed by atoms with E-state index in [0.29, 0.717) is 19.1 Å². The van der Waals surface area contributed by atoms with E-state index < -0.39 is 11.6 Å². The number of methoxy groups -OCH3 is 1. The predicted octanol–water partition coefficient (Wildman–Crippen LogP) is 2.09. The molecule has 1 aromatic carbocycles. The van der Waals surface area contributed by atoms with Gasteiger partial charge in [0.25, 0.3) is 0 Å². The van der Waals surface area contributed by atoms with Gasteiger partial charge in [0.1, 0.15) is 11.8 Å². The molecule has 0 radical (unpaired) electrons. The van der Waals surface area contributed by atoms with E-state index in [1.54, 1.807) is 0 Å². The minimum atomic E-state index is -1.09. The summed E-state index contributed by atoms with van der Waals surface area (Å²) in [7, 11) is 1.47. The summed E-state index contributed by atoms with van der Waals surface area (Å²) in [6.07, 6.45) is 0.720. The summed E-state index contributed by atoms with van der Waals surface area (Å²) in [6.45, 7) is 0.0894. The van der Waals surface area contributed by atoms with Gasteiger partial charge in [-0.1, -0.05) is 30.3 Å². The Morgan fingerprint density at radius 3 is 2.74 bits per heavy atom. The van der Waals surface area contributed by atoms with Gasteiger partial charge >= 0.3 is 6.09 Å². The summed E-state index contributed by atoms with van der Waals surface area (Å²) in [6, 6.07) is 9.09. The number of aldehydes is 1. The maximum absolute atomic E-state index is 11.5. The fraction of sp³-hybridized carbons (Fsp3) is 0.429. The van der Waals surface area contributed by atoms with E-state index in [9.17, 15) is 14.7 Å². The van der Waals surface area contributed by atoms with Crippen molar-refractivity contribution in [3.63, 3.8) is 0 Å². The van der Waals surface area contributed by atoms with Crippen molar-refractivity contribution in [3.8, 4) is 0 Å². The average molecular weight is 263 g/mol. The summed E-state index contributed by atoms with van der Waals surface area (Å²) in [5.41, 5.74) is -0.161. The zero-order valence-corrected chi connectivity index (χ0v) is 10.8. The lowest BCUT2D eigenvalue weighted by molar-refractivity contribution is -0.120. The molecule has 2 atom stereocenters. The van der Waals surface area contributed by atoms with Crippen molar-refractivity contribution >= 4 is 12.4 Å². The van der Waals surface area contributed by atoms with Gasteiger partial charge in [0.05, 0.1) is 12.6 Å². The average Bonchev–Trinajstić information content (AvgIpc) is 2.80. The highest BCUT2D eigenvalue weighted by molar-refractivity contribution is 5.77. The second kappa shape index (κ2) is 5.40. The van der Waals surface area contributed by atoms with E-state index >= 15 is 0 Å². The number of hydrogen-bond donors (Lipinski definition) is 1. The number of carbonyl (C=O) groups excluding carboxylic acids is 1. The predicted molar refractivity (Wildman–Crippen MR) is 69.0 cm³/mol. The molecule has 1 saturated heterocycles. The van der Waals surface area contributed by atoms with Crippen molar-refractivity contribution in [2.24, 2.45) is 0 Å². The SMILES string of the molecule is COC[C@]1(C=O)CC[C@@H](c2ccccc2)N1C(=O)O. The number of amides is 1. The van der Waals surface area contributed by atoms with Gasteiger partial charge in [-0.2, -0.15) is 0 Å². The molecule has 5 nitrogen and oxygen atoms in total. The molecular formula is C14H17NO4. The van der Waals surface area contributed by atoms with Crippen molar-refractivity contribution in [1.29, 1.82) is 0 Å². The fourth-order valence-electron chi connectivity index (χ4n) is 2.80. The Morgan fingerprint density at radius 2 is 2.21 bits per heavy atom. The number of benzene rings is 1. The van der Waals surface area contributed by atoms with Crippen LogP contribution in [0.5, 0.6) is 0 Å². The van der Waals surface area contributed by atoms with Crippen LogP contribution in [-0.4, -0.2) is 41.6 Å². The molecule has 0 unspecified atom stereocenters. The highest BCUT2D eigenvalue weighted by Gasteiger charge is 2.49. The maximum atomic E-state index is 11.5. The molecule has 0 bridgehead atoms.